The number of hydrogen-bond acceptors (Lipinski definition) is 12. The standard InChI is InChI=1S/C34H47N3O10/c1-3-36-26(22(15-33(41)42)10-21-8-9-37-32(35)12-21)18-45-31-14-23(13-30(44-2)34(31)43)28-17-24(39)16-25(47-28)6-4-20-5-7-27(40)29(11-20)46-19-38/h5,7-8,11-14,22,24-26,28,36-40,43H,3-4,6,9-10,15-19,35H2,1-2H3,(H,41,42). The van der Waals surface area contributed by atoms with E-state index in [4.69, 9.17) is 29.8 Å². The molecule has 2 aliphatic heterocycles. The van der Waals surface area contributed by atoms with Crippen molar-refractivity contribution >= 4 is 5.97 Å². The molecule has 2 aromatic carbocycles. The summed E-state index contributed by atoms with van der Waals surface area (Å²) in [5.41, 5.74) is 8.41. The van der Waals surface area contributed by atoms with E-state index in [1.807, 2.05) is 19.1 Å². The Morgan fingerprint density at radius 1 is 1.15 bits per heavy atom. The SMILES string of the molecule is CCNC(COc1cc(C2CC(O)CC(CCc3ccc(O)c(OCO)c3)O2)cc(OC)c1O)C(CC(=O)O)CC1=CCNC(N)=C1. The molecular formula is C34H47N3O10. The smallest absolute Gasteiger partial charge is 0.303 e. The van der Waals surface area contributed by atoms with Crippen LogP contribution in [0.15, 0.2) is 53.9 Å². The van der Waals surface area contributed by atoms with Crippen LogP contribution in [0.1, 0.15) is 56.3 Å². The Labute approximate surface area is 274 Å². The largest absolute Gasteiger partial charge is 0.504 e. The highest BCUT2D eigenvalue weighted by atomic mass is 16.6. The van der Waals surface area contributed by atoms with E-state index in [1.54, 1.807) is 24.3 Å². The molecule has 9 N–H and O–H groups in total. The number of aliphatic hydroxyl groups is 2. The van der Waals surface area contributed by atoms with Crippen LogP contribution in [0.3, 0.4) is 0 Å². The molecule has 1 saturated heterocycles. The summed E-state index contributed by atoms with van der Waals surface area (Å²) < 4.78 is 23.1. The molecule has 0 saturated carbocycles. The third kappa shape index (κ3) is 10.2. The number of allylic oxidation sites excluding steroid dienone is 2. The summed E-state index contributed by atoms with van der Waals surface area (Å²) >= 11 is 0. The molecule has 0 bridgehead atoms. The Balaban J connectivity index is 1.49. The molecule has 0 aliphatic carbocycles. The number of phenols is 2. The van der Waals surface area contributed by atoms with Gasteiger partial charge in [0.05, 0.1) is 37.7 Å². The lowest BCUT2D eigenvalue weighted by molar-refractivity contribution is -0.138. The molecule has 4 rings (SSSR count). The van der Waals surface area contributed by atoms with Crippen LogP contribution in [0.5, 0.6) is 28.7 Å². The summed E-state index contributed by atoms with van der Waals surface area (Å²) in [5.74, 6) is -0.467. The lowest BCUT2D eigenvalue weighted by Crippen LogP contribution is -2.42. The Morgan fingerprint density at radius 3 is 2.64 bits per heavy atom. The highest BCUT2D eigenvalue weighted by Crippen LogP contribution is 2.43. The highest BCUT2D eigenvalue weighted by molar-refractivity contribution is 5.67. The van der Waals surface area contributed by atoms with E-state index in [2.05, 4.69) is 10.6 Å². The molecule has 2 aromatic rings. The van der Waals surface area contributed by atoms with Crippen LogP contribution >= 0.6 is 0 Å². The summed E-state index contributed by atoms with van der Waals surface area (Å²) in [6.07, 6.45) is 4.68. The number of aromatic hydroxyl groups is 2. The number of phenolic OH excluding ortho intramolecular Hbond substituents is 2. The van der Waals surface area contributed by atoms with Crippen LogP contribution < -0.4 is 30.6 Å². The first-order chi connectivity index (χ1) is 22.6. The van der Waals surface area contributed by atoms with Crippen LogP contribution in [0.4, 0.5) is 0 Å². The molecule has 2 aliphatic rings. The van der Waals surface area contributed by atoms with E-state index in [-0.39, 0.29) is 59.8 Å². The number of carbonyl (C=O) groups is 1. The topological polar surface area (TPSA) is 205 Å². The fourth-order valence-corrected chi connectivity index (χ4v) is 6.11. The molecule has 0 spiro atoms. The second kappa shape index (κ2) is 17.1. The van der Waals surface area contributed by atoms with E-state index in [0.717, 1.165) is 11.1 Å². The molecular weight excluding hydrogens is 610 g/mol. The van der Waals surface area contributed by atoms with Gasteiger partial charge in [0.15, 0.2) is 29.8 Å². The molecule has 47 heavy (non-hydrogen) atoms. The number of carboxylic acids is 1. The van der Waals surface area contributed by atoms with Gasteiger partial charge in [-0.3, -0.25) is 4.79 Å². The van der Waals surface area contributed by atoms with Gasteiger partial charge in [0.25, 0.3) is 0 Å². The number of carboxylic acid groups (broad SMARTS) is 1. The van der Waals surface area contributed by atoms with Crippen molar-refractivity contribution in [2.45, 2.75) is 69.8 Å². The van der Waals surface area contributed by atoms with Crippen molar-refractivity contribution in [2.75, 3.05) is 33.6 Å². The quantitative estimate of drug-likeness (QED) is 0.115. The number of likely N-dealkylation sites (N-methyl/N-ethyl adjacent to an activating group) is 1. The summed E-state index contributed by atoms with van der Waals surface area (Å²) in [7, 11) is 1.44. The number of methoxy groups -OCH3 is 1. The molecule has 0 aromatic heterocycles. The van der Waals surface area contributed by atoms with Crippen LogP contribution in [0.25, 0.3) is 0 Å². The van der Waals surface area contributed by atoms with E-state index in [1.165, 1.54) is 13.2 Å². The fourth-order valence-electron chi connectivity index (χ4n) is 6.11. The first-order valence-electron chi connectivity index (χ1n) is 15.9. The molecule has 0 amide bonds. The predicted octanol–water partition coefficient (Wildman–Crippen LogP) is 2.82. The average Bonchev–Trinajstić information content (AvgIpc) is 3.03. The van der Waals surface area contributed by atoms with Crippen molar-refractivity contribution in [3.05, 3.63) is 65.0 Å². The molecule has 1 fully saturated rings. The first-order valence-corrected chi connectivity index (χ1v) is 15.9. The summed E-state index contributed by atoms with van der Waals surface area (Å²) in [6.45, 7) is 2.59. The van der Waals surface area contributed by atoms with Crippen molar-refractivity contribution in [1.82, 2.24) is 10.6 Å². The zero-order valence-corrected chi connectivity index (χ0v) is 26.9. The fraction of sp³-hybridized carbons (Fsp3) is 0.500. The number of benzene rings is 2. The van der Waals surface area contributed by atoms with E-state index >= 15 is 0 Å². The number of dihydropyridines is 1. The van der Waals surface area contributed by atoms with Gasteiger partial charge in [-0.05, 0) is 85.2 Å². The van der Waals surface area contributed by atoms with E-state index in [9.17, 15) is 25.2 Å². The van der Waals surface area contributed by atoms with Gasteiger partial charge < -0.3 is 60.8 Å². The third-order valence-electron chi connectivity index (χ3n) is 8.43. The lowest BCUT2D eigenvalue weighted by Gasteiger charge is -2.34. The van der Waals surface area contributed by atoms with Gasteiger partial charge in [-0.15, -0.1) is 0 Å². The molecule has 258 valence electrons. The van der Waals surface area contributed by atoms with Crippen LogP contribution in [-0.2, 0) is 16.0 Å². The van der Waals surface area contributed by atoms with Gasteiger partial charge in [-0.25, -0.2) is 0 Å². The van der Waals surface area contributed by atoms with Crippen molar-refractivity contribution in [3.63, 3.8) is 0 Å². The molecule has 2 heterocycles. The summed E-state index contributed by atoms with van der Waals surface area (Å²) in [6, 6.07) is 7.90. The molecule has 0 radical (unpaired) electrons. The number of aliphatic hydroxyl groups excluding tert-OH is 2. The minimum Gasteiger partial charge on any atom is -0.504 e. The number of aliphatic carboxylic acids is 1. The van der Waals surface area contributed by atoms with Crippen molar-refractivity contribution < 1.29 is 49.3 Å². The van der Waals surface area contributed by atoms with Crippen molar-refractivity contribution in [1.29, 1.82) is 0 Å². The van der Waals surface area contributed by atoms with Gasteiger partial charge in [-0.1, -0.05) is 19.1 Å². The maximum Gasteiger partial charge on any atom is 0.303 e. The first kappa shape index (κ1) is 35.7. The monoisotopic (exact) mass is 657 g/mol. The molecule has 5 unspecified atom stereocenters. The van der Waals surface area contributed by atoms with Gasteiger partial charge in [0.1, 0.15) is 6.61 Å². The maximum atomic E-state index is 11.8. The highest BCUT2D eigenvalue weighted by Gasteiger charge is 2.31. The second-order valence-electron chi connectivity index (χ2n) is 11.9. The second-order valence-corrected chi connectivity index (χ2v) is 11.9. The van der Waals surface area contributed by atoms with Crippen molar-refractivity contribution in [3.8, 4) is 28.7 Å². The Kier molecular flexibility index (Phi) is 13.0. The molecule has 13 nitrogen and oxygen atoms in total. The predicted molar refractivity (Wildman–Crippen MR) is 173 cm³/mol. The number of hydrogen-bond donors (Lipinski definition) is 8. The average molecular weight is 658 g/mol. The summed E-state index contributed by atoms with van der Waals surface area (Å²) in [5, 5.41) is 56.8. The third-order valence-corrected chi connectivity index (χ3v) is 8.43. The van der Waals surface area contributed by atoms with Crippen LogP contribution in [-0.4, -0.2) is 83.4 Å². The van der Waals surface area contributed by atoms with Crippen molar-refractivity contribution in [2.24, 2.45) is 11.7 Å². The molecule has 13 heteroatoms. The van der Waals surface area contributed by atoms with Gasteiger partial charge >= 0.3 is 5.97 Å². The Morgan fingerprint density at radius 2 is 1.94 bits per heavy atom. The Bertz CT molecular complexity index is 1410. The van der Waals surface area contributed by atoms with Gasteiger partial charge in [-0.2, -0.15) is 0 Å². The van der Waals surface area contributed by atoms with Gasteiger partial charge in [0.2, 0.25) is 5.75 Å². The maximum absolute atomic E-state index is 11.8. The minimum absolute atomic E-state index is 0.0674. The normalized spacial score (nSPS) is 20.7. The number of nitrogens with one attached hydrogen (secondary N) is 2. The zero-order chi connectivity index (χ0) is 33.9. The number of aryl methyl sites for hydroxylation is 1. The summed E-state index contributed by atoms with van der Waals surface area (Å²) in [4.78, 5) is 11.8. The van der Waals surface area contributed by atoms with Crippen LogP contribution in [0, 0.1) is 5.92 Å². The number of rotatable bonds is 17. The van der Waals surface area contributed by atoms with E-state index in [0.29, 0.717) is 56.6 Å². The Hall–Kier alpha value is -4.17. The van der Waals surface area contributed by atoms with E-state index < -0.39 is 25.0 Å². The van der Waals surface area contributed by atoms with Gasteiger partial charge in [0, 0.05) is 19.0 Å². The minimum atomic E-state index is -0.928. The number of ether oxygens (including phenoxy) is 4. The zero-order valence-electron chi connectivity index (χ0n) is 26.9. The lowest BCUT2D eigenvalue weighted by atomic mass is 9.88. The molecule has 5 atom stereocenters. The number of nitrogens with two attached hydrogens (primary N) is 1. The van der Waals surface area contributed by atoms with Crippen LogP contribution in [0.2, 0.25) is 0 Å².